The number of carbonyl (C=O) groups excluding carboxylic acids is 2. The van der Waals surface area contributed by atoms with E-state index >= 15 is 0 Å². The van der Waals surface area contributed by atoms with Gasteiger partial charge in [0.15, 0.2) is 0 Å². The van der Waals surface area contributed by atoms with Gasteiger partial charge in [-0.05, 0) is 17.7 Å². The average molecular weight is 274 g/mol. The summed E-state index contributed by atoms with van der Waals surface area (Å²) in [5.74, 6) is -0.648. The van der Waals surface area contributed by atoms with Crippen molar-refractivity contribution in [3.8, 4) is 0 Å². The first-order chi connectivity index (χ1) is 9.63. The van der Waals surface area contributed by atoms with Gasteiger partial charge in [0.2, 0.25) is 11.8 Å². The number of nitrogens with two attached hydrogens (primary N) is 1. The van der Waals surface area contributed by atoms with Crippen LogP contribution in [0.1, 0.15) is 5.56 Å². The number of hydrogen-bond donors (Lipinski definition) is 3. The fourth-order valence-corrected chi connectivity index (χ4v) is 1.56. The molecular weight excluding hydrogens is 260 g/mol. The third kappa shape index (κ3) is 4.13. The Labute approximate surface area is 115 Å². The van der Waals surface area contributed by atoms with Crippen molar-refractivity contribution in [2.45, 2.75) is 6.42 Å². The first-order valence-corrected chi connectivity index (χ1v) is 5.94. The third-order valence-corrected chi connectivity index (χ3v) is 2.46. The molecule has 20 heavy (non-hydrogen) atoms. The SMILES string of the molecule is NC(=O)CNc1ccc(CC(=O)Nc2ncco2)cc1. The van der Waals surface area contributed by atoms with E-state index in [1.807, 2.05) is 0 Å². The van der Waals surface area contributed by atoms with Gasteiger partial charge < -0.3 is 15.5 Å². The molecule has 0 radical (unpaired) electrons. The molecular formula is C13H14N4O3. The van der Waals surface area contributed by atoms with E-state index in [9.17, 15) is 9.59 Å². The Morgan fingerprint density at radius 2 is 2.00 bits per heavy atom. The Kier molecular flexibility index (Phi) is 4.33. The van der Waals surface area contributed by atoms with E-state index in [1.54, 1.807) is 24.3 Å². The zero-order valence-electron chi connectivity index (χ0n) is 10.6. The van der Waals surface area contributed by atoms with Crippen LogP contribution in [0.3, 0.4) is 0 Å². The van der Waals surface area contributed by atoms with E-state index in [2.05, 4.69) is 15.6 Å². The predicted molar refractivity (Wildman–Crippen MR) is 73.0 cm³/mol. The number of nitrogens with one attached hydrogen (secondary N) is 2. The van der Waals surface area contributed by atoms with Crippen molar-refractivity contribution in [1.29, 1.82) is 0 Å². The lowest BCUT2D eigenvalue weighted by atomic mass is 10.1. The van der Waals surface area contributed by atoms with Gasteiger partial charge in [-0.15, -0.1) is 0 Å². The molecule has 4 N–H and O–H groups in total. The summed E-state index contributed by atoms with van der Waals surface area (Å²) in [6.07, 6.45) is 3.04. The highest BCUT2D eigenvalue weighted by Gasteiger charge is 2.06. The lowest BCUT2D eigenvalue weighted by Gasteiger charge is -2.05. The summed E-state index contributed by atoms with van der Waals surface area (Å²) in [5, 5.41) is 5.39. The Morgan fingerprint density at radius 1 is 1.25 bits per heavy atom. The van der Waals surface area contributed by atoms with Crippen LogP contribution < -0.4 is 16.4 Å². The second kappa shape index (κ2) is 6.37. The second-order valence-corrected chi connectivity index (χ2v) is 4.08. The molecule has 0 aliphatic heterocycles. The fourth-order valence-electron chi connectivity index (χ4n) is 1.56. The van der Waals surface area contributed by atoms with Crippen LogP contribution >= 0.6 is 0 Å². The molecule has 0 bridgehead atoms. The van der Waals surface area contributed by atoms with Gasteiger partial charge in [-0.3, -0.25) is 14.9 Å². The first kappa shape index (κ1) is 13.6. The molecule has 7 heteroatoms. The van der Waals surface area contributed by atoms with Crippen LogP contribution in [0.15, 0.2) is 41.1 Å². The van der Waals surface area contributed by atoms with Crippen molar-refractivity contribution in [3.63, 3.8) is 0 Å². The van der Waals surface area contributed by atoms with Gasteiger partial charge in [-0.2, -0.15) is 0 Å². The molecule has 2 rings (SSSR count). The molecule has 0 aliphatic carbocycles. The topological polar surface area (TPSA) is 110 Å². The lowest BCUT2D eigenvalue weighted by molar-refractivity contribution is -0.116. The normalized spacial score (nSPS) is 10.0. The highest BCUT2D eigenvalue weighted by molar-refractivity contribution is 5.90. The monoisotopic (exact) mass is 274 g/mol. The number of rotatable bonds is 6. The van der Waals surface area contributed by atoms with Crippen molar-refractivity contribution >= 4 is 23.5 Å². The Balaban J connectivity index is 1.86. The highest BCUT2D eigenvalue weighted by atomic mass is 16.4. The number of aromatic nitrogens is 1. The molecule has 0 aliphatic rings. The number of hydrogen-bond acceptors (Lipinski definition) is 5. The van der Waals surface area contributed by atoms with E-state index in [4.69, 9.17) is 10.2 Å². The molecule has 1 aromatic heterocycles. The molecule has 0 saturated heterocycles. The second-order valence-electron chi connectivity index (χ2n) is 4.08. The van der Waals surface area contributed by atoms with Gasteiger partial charge in [0, 0.05) is 5.69 Å². The number of primary amides is 1. The summed E-state index contributed by atoms with van der Waals surface area (Å²) in [6.45, 7) is 0.0734. The summed E-state index contributed by atoms with van der Waals surface area (Å²) in [7, 11) is 0. The van der Waals surface area contributed by atoms with Crippen molar-refractivity contribution in [1.82, 2.24) is 4.98 Å². The zero-order chi connectivity index (χ0) is 14.4. The minimum Gasteiger partial charge on any atom is -0.432 e. The highest BCUT2D eigenvalue weighted by Crippen LogP contribution is 2.10. The van der Waals surface area contributed by atoms with Crippen LogP contribution in [0, 0.1) is 0 Å². The van der Waals surface area contributed by atoms with Crippen LogP contribution in [0.5, 0.6) is 0 Å². The minimum atomic E-state index is -0.431. The summed E-state index contributed by atoms with van der Waals surface area (Å²) < 4.78 is 4.92. The Hall–Kier alpha value is -2.83. The molecule has 7 nitrogen and oxygen atoms in total. The van der Waals surface area contributed by atoms with Crippen LogP contribution in [0.25, 0.3) is 0 Å². The van der Waals surface area contributed by atoms with Crippen molar-refractivity contribution in [3.05, 3.63) is 42.3 Å². The molecule has 0 fully saturated rings. The first-order valence-electron chi connectivity index (χ1n) is 5.94. The van der Waals surface area contributed by atoms with Crippen LogP contribution in [-0.2, 0) is 16.0 Å². The maximum atomic E-state index is 11.7. The molecule has 1 aromatic carbocycles. The molecule has 0 atom stereocenters. The molecule has 0 unspecified atom stereocenters. The molecule has 104 valence electrons. The largest absolute Gasteiger partial charge is 0.432 e. The van der Waals surface area contributed by atoms with Gasteiger partial charge in [0.05, 0.1) is 19.2 Å². The predicted octanol–water partition coefficient (Wildman–Crippen LogP) is 0.753. The van der Waals surface area contributed by atoms with E-state index in [-0.39, 0.29) is 24.9 Å². The van der Waals surface area contributed by atoms with E-state index in [0.29, 0.717) is 0 Å². The van der Waals surface area contributed by atoms with E-state index in [0.717, 1.165) is 11.3 Å². The fraction of sp³-hybridized carbons (Fsp3) is 0.154. The summed E-state index contributed by atoms with van der Waals surface area (Å²) in [6, 6.07) is 7.30. The number of nitrogens with zero attached hydrogens (tertiary/aromatic N) is 1. The van der Waals surface area contributed by atoms with Crippen LogP contribution in [-0.4, -0.2) is 23.3 Å². The summed E-state index contributed by atoms with van der Waals surface area (Å²) in [5.41, 5.74) is 6.63. The van der Waals surface area contributed by atoms with E-state index < -0.39 is 5.91 Å². The number of oxazole rings is 1. The Morgan fingerprint density at radius 3 is 2.60 bits per heavy atom. The zero-order valence-corrected chi connectivity index (χ0v) is 10.6. The maximum absolute atomic E-state index is 11.7. The molecule has 1 heterocycles. The molecule has 0 saturated carbocycles. The quantitative estimate of drug-likeness (QED) is 0.720. The van der Waals surface area contributed by atoms with Gasteiger partial charge in [-0.1, -0.05) is 12.1 Å². The van der Waals surface area contributed by atoms with Crippen molar-refractivity contribution in [2.24, 2.45) is 5.73 Å². The van der Waals surface area contributed by atoms with Gasteiger partial charge in [-0.25, -0.2) is 4.98 Å². The lowest BCUT2D eigenvalue weighted by Crippen LogP contribution is -2.21. The summed E-state index contributed by atoms with van der Waals surface area (Å²) >= 11 is 0. The maximum Gasteiger partial charge on any atom is 0.301 e. The van der Waals surface area contributed by atoms with Crippen molar-refractivity contribution in [2.75, 3.05) is 17.2 Å². The molecule has 2 amide bonds. The molecule has 0 spiro atoms. The number of carbonyl (C=O) groups is 2. The van der Waals surface area contributed by atoms with Crippen LogP contribution in [0.4, 0.5) is 11.7 Å². The van der Waals surface area contributed by atoms with Gasteiger partial charge in [0.1, 0.15) is 6.26 Å². The molecule has 2 aromatic rings. The van der Waals surface area contributed by atoms with Crippen molar-refractivity contribution < 1.29 is 14.0 Å². The van der Waals surface area contributed by atoms with Crippen LogP contribution in [0.2, 0.25) is 0 Å². The average Bonchev–Trinajstić information content (AvgIpc) is 2.90. The number of benzene rings is 1. The smallest absolute Gasteiger partial charge is 0.301 e. The minimum absolute atomic E-state index is 0.0734. The van der Waals surface area contributed by atoms with E-state index in [1.165, 1.54) is 12.5 Å². The Bertz CT molecular complexity index is 578. The number of amides is 2. The van der Waals surface area contributed by atoms with Gasteiger partial charge >= 0.3 is 6.01 Å². The van der Waals surface area contributed by atoms with Gasteiger partial charge in [0.25, 0.3) is 0 Å². The third-order valence-electron chi connectivity index (χ3n) is 2.46. The summed E-state index contributed by atoms with van der Waals surface area (Å²) in [4.78, 5) is 26.1. The number of anilines is 2. The standard InChI is InChI=1S/C13H14N4O3/c14-11(18)8-16-10-3-1-9(2-4-10)7-12(19)17-13-15-5-6-20-13/h1-6,16H,7-8H2,(H2,14,18)(H,15,17,19).